The third-order valence-electron chi connectivity index (χ3n) is 5.06. The molecular formula is C23H23N3. The van der Waals surface area contributed by atoms with E-state index in [1.54, 1.807) is 0 Å². The van der Waals surface area contributed by atoms with Crippen molar-refractivity contribution in [3.05, 3.63) is 102 Å². The molecule has 3 heteroatoms. The van der Waals surface area contributed by atoms with Gasteiger partial charge in [-0.1, -0.05) is 36.4 Å². The predicted octanol–water partition coefficient (Wildman–Crippen LogP) is 4.62. The second-order valence-electron chi connectivity index (χ2n) is 6.92. The molecule has 0 saturated heterocycles. The second kappa shape index (κ2) is 7.79. The van der Waals surface area contributed by atoms with E-state index in [1.807, 2.05) is 36.7 Å². The summed E-state index contributed by atoms with van der Waals surface area (Å²) in [5, 5.41) is 0. The standard InChI is InChI=1S/C23H23N3/c1-18-10-12-19(13-11-18)16-26(17-21-8-2-3-14-24-21)22-9-4-6-20-7-5-15-25-23(20)22/h1-3,5,7-8,10-15,22H,4,6,9,16-17H2. The van der Waals surface area contributed by atoms with Crippen LogP contribution in [0, 0.1) is 6.92 Å². The lowest BCUT2D eigenvalue weighted by molar-refractivity contribution is 0.155. The van der Waals surface area contributed by atoms with Crippen LogP contribution in [-0.2, 0) is 19.5 Å². The minimum Gasteiger partial charge on any atom is -0.285 e. The quantitative estimate of drug-likeness (QED) is 0.678. The summed E-state index contributed by atoms with van der Waals surface area (Å²) in [6.07, 6.45) is 7.23. The van der Waals surface area contributed by atoms with Crippen molar-refractivity contribution >= 4 is 0 Å². The van der Waals surface area contributed by atoms with E-state index in [0.29, 0.717) is 6.04 Å². The average Bonchev–Trinajstić information content (AvgIpc) is 2.69. The number of fused-ring (bicyclic) bond motifs is 1. The van der Waals surface area contributed by atoms with Gasteiger partial charge >= 0.3 is 0 Å². The lowest BCUT2D eigenvalue weighted by Gasteiger charge is -2.35. The van der Waals surface area contributed by atoms with Gasteiger partial charge in [-0.3, -0.25) is 14.9 Å². The summed E-state index contributed by atoms with van der Waals surface area (Å²) < 4.78 is 0. The Morgan fingerprint density at radius 2 is 1.77 bits per heavy atom. The Morgan fingerprint density at radius 1 is 0.923 bits per heavy atom. The summed E-state index contributed by atoms with van der Waals surface area (Å²) in [4.78, 5) is 11.8. The molecule has 1 aliphatic rings. The number of rotatable bonds is 5. The Bertz CT molecular complexity index is 843. The van der Waals surface area contributed by atoms with Crippen LogP contribution in [0.1, 0.15) is 47.0 Å². The summed E-state index contributed by atoms with van der Waals surface area (Å²) in [6.45, 7) is 7.52. The van der Waals surface area contributed by atoms with Crippen LogP contribution in [0.2, 0.25) is 0 Å². The number of aromatic nitrogens is 2. The highest BCUT2D eigenvalue weighted by Crippen LogP contribution is 2.34. The first-order valence-corrected chi connectivity index (χ1v) is 9.22. The van der Waals surface area contributed by atoms with Gasteiger partial charge in [0.15, 0.2) is 0 Å². The predicted molar refractivity (Wildman–Crippen MR) is 103 cm³/mol. The van der Waals surface area contributed by atoms with Gasteiger partial charge in [0.05, 0.1) is 17.4 Å². The molecule has 26 heavy (non-hydrogen) atoms. The molecule has 0 fully saturated rings. The summed E-state index contributed by atoms with van der Waals surface area (Å²) in [5.74, 6) is 0. The van der Waals surface area contributed by atoms with Gasteiger partial charge in [0, 0.05) is 25.5 Å². The fraction of sp³-hybridized carbons (Fsp3) is 0.261. The number of pyridine rings is 2. The highest BCUT2D eigenvalue weighted by molar-refractivity contribution is 5.27. The highest BCUT2D eigenvalue weighted by atomic mass is 15.2. The molecule has 0 spiro atoms. The Kier molecular flexibility index (Phi) is 5.07. The van der Waals surface area contributed by atoms with Crippen LogP contribution in [0.25, 0.3) is 0 Å². The van der Waals surface area contributed by atoms with Crippen LogP contribution in [0.3, 0.4) is 0 Å². The number of hydrogen-bond acceptors (Lipinski definition) is 3. The van der Waals surface area contributed by atoms with Crippen molar-refractivity contribution in [2.24, 2.45) is 0 Å². The first-order valence-electron chi connectivity index (χ1n) is 9.22. The van der Waals surface area contributed by atoms with Crippen LogP contribution in [0.15, 0.2) is 67.0 Å². The van der Waals surface area contributed by atoms with Gasteiger partial charge in [0.25, 0.3) is 0 Å². The minimum absolute atomic E-state index is 0.319. The molecule has 1 unspecified atom stereocenters. The normalized spacial score (nSPS) is 16.5. The Morgan fingerprint density at radius 3 is 2.58 bits per heavy atom. The Balaban J connectivity index is 1.65. The van der Waals surface area contributed by atoms with Crippen molar-refractivity contribution in [1.29, 1.82) is 0 Å². The lowest BCUT2D eigenvalue weighted by Crippen LogP contribution is -2.31. The fourth-order valence-electron chi connectivity index (χ4n) is 3.77. The molecule has 2 heterocycles. The third-order valence-corrected chi connectivity index (χ3v) is 5.06. The van der Waals surface area contributed by atoms with E-state index in [0.717, 1.165) is 37.2 Å². The van der Waals surface area contributed by atoms with Crippen molar-refractivity contribution in [3.8, 4) is 0 Å². The SMILES string of the molecule is [CH]c1ccc(CN(Cc2ccccn2)C2CCCc3cccnc32)cc1. The van der Waals surface area contributed by atoms with E-state index in [2.05, 4.69) is 40.2 Å². The number of hydrogen-bond donors (Lipinski definition) is 0. The number of nitrogens with zero attached hydrogens (tertiary/aromatic N) is 3. The van der Waals surface area contributed by atoms with Gasteiger partial charge in [0.1, 0.15) is 0 Å². The molecule has 3 nitrogen and oxygen atoms in total. The third kappa shape index (κ3) is 3.83. The number of benzene rings is 1. The van der Waals surface area contributed by atoms with E-state index in [9.17, 15) is 0 Å². The van der Waals surface area contributed by atoms with E-state index in [4.69, 9.17) is 11.9 Å². The molecule has 2 radical (unpaired) electrons. The largest absolute Gasteiger partial charge is 0.285 e. The zero-order chi connectivity index (χ0) is 17.8. The molecular weight excluding hydrogens is 318 g/mol. The van der Waals surface area contributed by atoms with Gasteiger partial charge in [0.2, 0.25) is 0 Å². The highest BCUT2D eigenvalue weighted by Gasteiger charge is 2.27. The summed E-state index contributed by atoms with van der Waals surface area (Å²) in [7, 11) is 0. The first-order chi connectivity index (χ1) is 12.8. The average molecular weight is 341 g/mol. The van der Waals surface area contributed by atoms with Crippen LogP contribution in [0.4, 0.5) is 0 Å². The number of aryl methyl sites for hydroxylation is 1. The van der Waals surface area contributed by atoms with Crippen LogP contribution >= 0.6 is 0 Å². The topological polar surface area (TPSA) is 29.0 Å². The van der Waals surface area contributed by atoms with Gasteiger partial charge < -0.3 is 0 Å². The van der Waals surface area contributed by atoms with Crippen LogP contribution < -0.4 is 0 Å². The smallest absolute Gasteiger partial charge is 0.0607 e. The van der Waals surface area contributed by atoms with E-state index in [1.165, 1.54) is 23.2 Å². The molecule has 0 amide bonds. The van der Waals surface area contributed by atoms with E-state index < -0.39 is 0 Å². The monoisotopic (exact) mass is 341 g/mol. The van der Waals surface area contributed by atoms with Crippen molar-refractivity contribution in [2.75, 3.05) is 0 Å². The van der Waals surface area contributed by atoms with Crippen molar-refractivity contribution in [3.63, 3.8) is 0 Å². The lowest BCUT2D eigenvalue weighted by atomic mass is 9.90. The Labute approximate surface area is 155 Å². The zero-order valence-electron chi connectivity index (χ0n) is 14.9. The molecule has 0 bridgehead atoms. The van der Waals surface area contributed by atoms with E-state index in [-0.39, 0.29) is 0 Å². The maximum absolute atomic E-state index is 5.85. The van der Waals surface area contributed by atoms with E-state index >= 15 is 0 Å². The second-order valence-corrected chi connectivity index (χ2v) is 6.92. The van der Waals surface area contributed by atoms with Gasteiger partial charge in [-0.05, 0) is 61.1 Å². The van der Waals surface area contributed by atoms with Crippen LogP contribution in [0.5, 0.6) is 0 Å². The molecule has 1 atom stereocenters. The van der Waals surface area contributed by atoms with Crippen molar-refractivity contribution < 1.29 is 0 Å². The summed E-state index contributed by atoms with van der Waals surface area (Å²) in [5.41, 5.74) is 5.76. The fourth-order valence-corrected chi connectivity index (χ4v) is 3.77. The molecule has 0 aliphatic heterocycles. The van der Waals surface area contributed by atoms with Gasteiger partial charge in [-0.25, -0.2) is 0 Å². The first kappa shape index (κ1) is 16.9. The molecule has 1 aliphatic carbocycles. The Hall–Kier alpha value is -2.52. The summed E-state index contributed by atoms with van der Waals surface area (Å²) >= 11 is 0. The molecule has 130 valence electrons. The van der Waals surface area contributed by atoms with Gasteiger partial charge in [-0.15, -0.1) is 0 Å². The van der Waals surface area contributed by atoms with Crippen molar-refractivity contribution in [1.82, 2.24) is 14.9 Å². The molecule has 0 saturated carbocycles. The van der Waals surface area contributed by atoms with Crippen molar-refractivity contribution in [2.45, 2.75) is 38.4 Å². The summed E-state index contributed by atoms with van der Waals surface area (Å²) in [6, 6.07) is 18.9. The molecule has 1 aromatic carbocycles. The maximum Gasteiger partial charge on any atom is 0.0607 e. The zero-order valence-corrected chi connectivity index (χ0v) is 14.9. The molecule has 2 aromatic heterocycles. The molecule has 3 aromatic rings. The van der Waals surface area contributed by atoms with Gasteiger partial charge in [-0.2, -0.15) is 0 Å². The molecule has 4 rings (SSSR count). The van der Waals surface area contributed by atoms with Crippen LogP contribution in [-0.4, -0.2) is 14.9 Å². The minimum atomic E-state index is 0.319. The maximum atomic E-state index is 5.85. The molecule has 0 N–H and O–H groups in total.